The van der Waals surface area contributed by atoms with Crippen molar-refractivity contribution in [2.75, 3.05) is 6.54 Å². The molecule has 8 heteroatoms. The SMILES string of the molecule is CCCCN1C(O)(C(F)(F)F)c2cc(C(C)(C)C)ccc2S1(=O)=O. The lowest BCUT2D eigenvalue weighted by Gasteiger charge is -2.34. The van der Waals surface area contributed by atoms with Crippen LogP contribution in [-0.2, 0) is 21.2 Å². The topological polar surface area (TPSA) is 57.6 Å². The molecule has 0 radical (unpaired) electrons. The van der Waals surface area contributed by atoms with Crippen molar-refractivity contribution in [3.63, 3.8) is 0 Å². The molecule has 136 valence electrons. The first-order valence-electron chi connectivity index (χ1n) is 7.75. The highest BCUT2D eigenvalue weighted by molar-refractivity contribution is 7.89. The lowest BCUT2D eigenvalue weighted by Crippen LogP contribution is -2.54. The van der Waals surface area contributed by atoms with Crippen molar-refractivity contribution in [2.24, 2.45) is 0 Å². The Hall–Kier alpha value is -1.12. The van der Waals surface area contributed by atoms with Crippen molar-refractivity contribution in [3.05, 3.63) is 29.3 Å². The number of alkyl halides is 3. The fourth-order valence-corrected chi connectivity index (χ4v) is 4.67. The molecule has 1 aromatic rings. The minimum absolute atomic E-state index is 0.181. The standard InChI is InChI=1S/C16H22F3NO3S/c1-5-6-9-20-15(21,16(17,18)19)12-10-11(14(2,3)4)7-8-13(12)24(20,22)23/h7-8,10,21H,5-6,9H2,1-4H3. The molecule has 24 heavy (non-hydrogen) atoms. The first-order valence-corrected chi connectivity index (χ1v) is 9.19. The second kappa shape index (κ2) is 5.71. The Morgan fingerprint density at radius 2 is 1.79 bits per heavy atom. The molecule has 0 amide bonds. The zero-order valence-electron chi connectivity index (χ0n) is 14.1. The average Bonchev–Trinajstić information content (AvgIpc) is 2.61. The predicted molar refractivity (Wildman–Crippen MR) is 83.9 cm³/mol. The molecule has 0 fully saturated rings. The number of halogens is 3. The van der Waals surface area contributed by atoms with Crippen LogP contribution in [0, 0.1) is 0 Å². The van der Waals surface area contributed by atoms with E-state index in [9.17, 15) is 26.7 Å². The van der Waals surface area contributed by atoms with Crippen molar-refractivity contribution >= 4 is 10.0 Å². The highest BCUT2D eigenvalue weighted by Crippen LogP contribution is 2.52. The Morgan fingerprint density at radius 1 is 1.21 bits per heavy atom. The molecular formula is C16H22F3NO3S. The van der Waals surface area contributed by atoms with Crippen molar-refractivity contribution in [1.29, 1.82) is 0 Å². The minimum atomic E-state index is -5.14. The van der Waals surface area contributed by atoms with Crippen LogP contribution in [-0.4, -0.2) is 30.6 Å². The summed E-state index contributed by atoms with van der Waals surface area (Å²) >= 11 is 0. The molecule has 0 aromatic heterocycles. The number of rotatable bonds is 3. The number of hydrogen-bond donors (Lipinski definition) is 1. The van der Waals surface area contributed by atoms with Crippen molar-refractivity contribution in [2.45, 2.75) is 62.7 Å². The van der Waals surface area contributed by atoms with Crippen molar-refractivity contribution < 1.29 is 26.7 Å². The monoisotopic (exact) mass is 365 g/mol. The largest absolute Gasteiger partial charge is 0.436 e. The van der Waals surface area contributed by atoms with E-state index in [1.54, 1.807) is 27.7 Å². The fourth-order valence-electron chi connectivity index (χ4n) is 2.80. The van der Waals surface area contributed by atoms with Crippen LogP contribution in [0.3, 0.4) is 0 Å². The van der Waals surface area contributed by atoms with Crippen LogP contribution < -0.4 is 0 Å². The van der Waals surface area contributed by atoms with Crippen LogP contribution >= 0.6 is 0 Å². The lowest BCUT2D eigenvalue weighted by atomic mass is 9.85. The van der Waals surface area contributed by atoms with E-state index in [0.29, 0.717) is 12.0 Å². The van der Waals surface area contributed by atoms with Crippen LogP contribution in [0.25, 0.3) is 0 Å². The normalized spacial score (nSPS) is 24.2. The van der Waals surface area contributed by atoms with Crippen LogP contribution in [0.15, 0.2) is 23.1 Å². The number of fused-ring (bicyclic) bond motifs is 1. The Balaban J connectivity index is 2.77. The molecule has 1 aliphatic rings. The molecule has 0 saturated carbocycles. The summed E-state index contributed by atoms with van der Waals surface area (Å²) < 4.78 is 66.5. The van der Waals surface area contributed by atoms with E-state index in [0.717, 1.165) is 12.1 Å². The van der Waals surface area contributed by atoms with Gasteiger partial charge >= 0.3 is 6.18 Å². The van der Waals surface area contributed by atoms with Gasteiger partial charge in [0.05, 0.1) is 4.90 Å². The van der Waals surface area contributed by atoms with Crippen LogP contribution in [0.4, 0.5) is 13.2 Å². The van der Waals surface area contributed by atoms with Gasteiger partial charge in [-0.05, 0) is 29.5 Å². The van der Waals surface area contributed by atoms with Gasteiger partial charge in [0.1, 0.15) is 0 Å². The molecule has 2 rings (SSSR count). The van der Waals surface area contributed by atoms with Gasteiger partial charge in [-0.3, -0.25) is 0 Å². The zero-order chi connectivity index (χ0) is 18.6. The van der Waals surface area contributed by atoms with E-state index >= 15 is 0 Å². The zero-order valence-corrected chi connectivity index (χ0v) is 14.9. The van der Waals surface area contributed by atoms with Gasteiger partial charge in [-0.1, -0.05) is 40.2 Å². The van der Waals surface area contributed by atoms with Crippen LogP contribution in [0.1, 0.15) is 51.7 Å². The van der Waals surface area contributed by atoms with Gasteiger partial charge in [0, 0.05) is 12.1 Å². The maximum atomic E-state index is 13.7. The predicted octanol–water partition coefficient (Wildman–Crippen LogP) is 3.50. The van der Waals surface area contributed by atoms with E-state index in [-0.39, 0.29) is 10.7 Å². The molecule has 1 aliphatic heterocycles. The third-order valence-corrected chi connectivity index (χ3v) is 6.20. The summed E-state index contributed by atoms with van der Waals surface area (Å²) in [6, 6.07) is 3.82. The summed E-state index contributed by atoms with van der Waals surface area (Å²) in [7, 11) is -4.41. The first kappa shape index (κ1) is 19.2. The molecular weight excluding hydrogens is 343 g/mol. The summed E-state index contributed by atoms with van der Waals surface area (Å²) in [6.45, 7) is 6.76. The van der Waals surface area contributed by atoms with E-state index in [2.05, 4.69) is 0 Å². The van der Waals surface area contributed by atoms with Gasteiger partial charge in [0.25, 0.3) is 5.72 Å². The van der Waals surface area contributed by atoms with E-state index in [1.807, 2.05) is 0 Å². The Kier molecular flexibility index (Phi) is 4.57. The number of hydrogen-bond acceptors (Lipinski definition) is 3. The Labute approximate surface area is 140 Å². The van der Waals surface area contributed by atoms with Gasteiger partial charge in [0.2, 0.25) is 10.0 Å². The van der Waals surface area contributed by atoms with Gasteiger partial charge in [0.15, 0.2) is 0 Å². The van der Waals surface area contributed by atoms with E-state index in [1.165, 1.54) is 6.07 Å². The summed E-state index contributed by atoms with van der Waals surface area (Å²) in [5.74, 6) is 0. The smallest absolute Gasteiger partial charge is 0.363 e. The Bertz CT molecular complexity index is 738. The van der Waals surface area contributed by atoms with Crippen LogP contribution in [0.2, 0.25) is 0 Å². The molecule has 1 unspecified atom stereocenters. The van der Waals surface area contributed by atoms with Gasteiger partial charge in [-0.2, -0.15) is 17.5 Å². The summed E-state index contributed by atoms with van der Waals surface area (Å²) in [4.78, 5) is -0.480. The third-order valence-electron chi connectivity index (χ3n) is 4.26. The van der Waals surface area contributed by atoms with Gasteiger partial charge < -0.3 is 5.11 Å². The van der Waals surface area contributed by atoms with Gasteiger partial charge in [-0.15, -0.1) is 0 Å². The summed E-state index contributed by atoms with van der Waals surface area (Å²) in [5, 5.41) is 10.5. The maximum absolute atomic E-state index is 13.7. The third kappa shape index (κ3) is 2.74. The molecule has 0 aliphatic carbocycles. The fraction of sp³-hybridized carbons (Fsp3) is 0.625. The molecule has 0 spiro atoms. The molecule has 1 atom stereocenters. The molecule has 1 heterocycles. The summed E-state index contributed by atoms with van der Waals surface area (Å²) in [6.07, 6.45) is -4.42. The highest BCUT2D eigenvalue weighted by atomic mass is 32.2. The summed E-state index contributed by atoms with van der Waals surface area (Å²) in [5.41, 5.74) is -4.10. The Morgan fingerprint density at radius 3 is 2.25 bits per heavy atom. The number of benzene rings is 1. The number of unbranched alkanes of at least 4 members (excludes halogenated alkanes) is 1. The van der Waals surface area contributed by atoms with Crippen LogP contribution in [0.5, 0.6) is 0 Å². The number of nitrogens with zero attached hydrogens (tertiary/aromatic N) is 1. The first-order chi connectivity index (χ1) is 10.8. The number of aliphatic hydroxyl groups is 1. The van der Waals surface area contributed by atoms with Crippen molar-refractivity contribution in [1.82, 2.24) is 4.31 Å². The second-order valence-electron chi connectivity index (χ2n) is 7.06. The quantitative estimate of drug-likeness (QED) is 0.892. The minimum Gasteiger partial charge on any atom is -0.363 e. The molecule has 1 N–H and O–H groups in total. The maximum Gasteiger partial charge on any atom is 0.436 e. The highest BCUT2D eigenvalue weighted by Gasteiger charge is 2.67. The van der Waals surface area contributed by atoms with E-state index in [4.69, 9.17) is 0 Å². The number of sulfonamides is 1. The molecule has 1 aromatic carbocycles. The molecule has 4 nitrogen and oxygen atoms in total. The second-order valence-corrected chi connectivity index (χ2v) is 8.89. The lowest BCUT2D eigenvalue weighted by molar-refractivity contribution is -0.304. The van der Waals surface area contributed by atoms with E-state index < -0.39 is 44.3 Å². The van der Waals surface area contributed by atoms with Gasteiger partial charge in [-0.25, -0.2) is 8.42 Å². The molecule has 0 saturated heterocycles. The van der Waals surface area contributed by atoms with Crippen molar-refractivity contribution in [3.8, 4) is 0 Å². The molecule has 0 bridgehead atoms. The average molecular weight is 365 g/mol.